The van der Waals surface area contributed by atoms with Crippen LogP contribution < -0.4 is 16.2 Å². The van der Waals surface area contributed by atoms with Crippen molar-refractivity contribution in [1.82, 2.24) is 29.7 Å². The van der Waals surface area contributed by atoms with E-state index in [1.54, 1.807) is 35.6 Å². The summed E-state index contributed by atoms with van der Waals surface area (Å²) in [5, 5.41) is 7.12. The van der Waals surface area contributed by atoms with Gasteiger partial charge in [-0.25, -0.2) is 9.97 Å². The fourth-order valence-electron chi connectivity index (χ4n) is 4.63. The van der Waals surface area contributed by atoms with E-state index in [0.717, 1.165) is 16.8 Å². The molecule has 1 saturated heterocycles. The molecular formula is C31H36ClN7O3. The summed E-state index contributed by atoms with van der Waals surface area (Å²) >= 11 is 5.95. The number of pyridine rings is 2. The van der Waals surface area contributed by atoms with Gasteiger partial charge < -0.3 is 15.5 Å². The van der Waals surface area contributed by atoms with Gasteiger partial charge in [-0.2, -0.15) is 0 Å². The number of nitrogens with zero attached hydrogens (tertiary/aromatic N) is 5. The molecule has 0 aliphatic carbocycles. The van der Waals surface area contributed by atoms with Crippen LogP contribution in [0.25, 0.3) is 11.0 Å². The first-order valence-electron chi connectivity index (χ1n) is 13.7. The van der Waals surface area contributed by atoms with Crippen molar-refractivity contribution in [3.05, 3.63) is 93.3 Å². The van der Waals surface area contributed by atoms with E-state index in [9.17, 15) is 14.4 Å². The lowest BCUT2D eigenvalue weighted by Gasteiger charge is -2.45. The van der Waals surface area contributed by atoms with Crippen LogP contribution in [0, 0.1) is 12.3 Å². The number of hydrogen-bond donors (Lipinski definition) is 2. The quantitative estimate of drug-likeness (QED) is 0.319. The zero-order chi connectivity index (χ0) is 30.4. The highest BCUT2D eigenvalue weighted by atomic mass is 35.5. The highest BCUT2D eigenvalue weighted by Gasteiger charge is 2.37. The third kappa shape index (κ3) is 7.70. The van der Waals surface area contributed by atoms with Crippen molar-refractivity contribution in [3.63, 3.8) is 0 Å². The van der Waals surface area contributed by atoms with Crippen LogP contribution in [0.4, 0.5) is 5.82 Å². The van der Waals surface area contributed by atoms with Gasteiger partial charge in [-0.05, 0) is 49.5 Å². The van der Waals surface area contributed by atoms with Gasteiger partial charge in [-0.15, -0.1) is 0 Å². The number of carbonyl (C=O) groups is 2. The molecule has 1 fully saturated rings. The third-order valence-electron chi connectivity index (χ3n) is 6.89. The van der Waals surface area contributed by atoms with Crippen molar-refractivity contribution in [1.29, 1.82) is 0 Å². The number of likely N-dealkylation sites (tertiary alicyclic amines) is 1. The topological polar surface area (TPSA) is 122 Å². The number of nitrogens with one attached hydrogen (secondary N) is 2. The molecule has 0 atom stereocenters. The molecule has 0 bridgehead atoms. The molecule has 11 heteroatoms. The van der Waals surface area contributed by atoms with E-state index in [0.29, 0.717) is 54.5 Å². The van der Waals surface area contributed by atoms with Gasteiger partial charge in [0.15, 0.2) is 0 Å². The Kier molecular flexibility index (Phi) is 9.57. The summed E-state index contributed by atoms with van der Waals surface area (Å²) in [6, 6.07) is 3.39. The summed E-state index contributed by atoms with van der Waals surface area (Å²) in [7, 11) is 0. The third-order valence-corrected chi connectivity index (χ3v) is 7.17. The monoisotopic (exact) mass is 589 g/mol. The summed E-state index contributed by atoms with van der Waals surface area (Å²) in [4.78, 5) is 54.7. The molecule has 1 aliphatic rings. The Bertz CT molecular complexity index is 1620. The molecule has 10 nitrogen and oxygen atoms in total. The van der Waals surface area contributed by atoms with Gasteiger partial charge in [0, 0.05) is 42.8 Å². The second-order valence-electron chi connectivity index (χ2n) is 11.3. The standard InChI is InChI=1S/C31H36ClN7O3/c1-6-24(32)8-7-20(2)9-10-33-29(41)25-12-23-11-22(14-36-26-16-34-21(3)13-35-26)15-37-28(23)39(30(25)42)17-27(40)38-18-31(4,5)19-38/h6-8,11-13,15-16H,1,9-10,14,17-19H2,2-5H3,(H,33,41)(H,35,36). The van der Waals surface area contributed by atoms with E-state index in [2.05, 4.69) is 46.0 Å². The van der Waals surface area contributed by atoms with E-state index < -0.39 is 11.5 Å². The summed E-state index contributed by atoms with van der Waals surface area (Å²) < 4.78 is 1.30. The lowest BCUT2D eigenvalue weighted by molar-refractivity contribution is -0.142. The first kappa shape index (κ1) is 30.6. The fraction of sp³-hybridized carbons (Fsp3) is 0.355. The Hall–Kier alpha value is -4.31. The fourth-order valence-corrected chi connectivity index (χ4v) is 4.70. The molecule has 0 radical (unpaired) electrons. The predicted octanol–water partition coefficient (Wildman–Crippen LogP) is 4.35. The zero-order valence-electron chi connectivity index (χ0n) is 24.4. The lowest BCUT2D eigenvalue weighted by Crippen LogP contribution is -2.56. The number of carbonyl (C=O) groups excluding carboxylic acids is 2. The molecule has 0 unspecified atom stereocenters. The Balaban J connectivity index is 1.59. The maximum Gasteiger partial charge on any atom is 0.265 e. The van der Waals surface area contributed by atoms with Gasteiger partial charge >= 0.3 is 0 Å². The van der Waals surface area contributed by atoms with Crippen LogP contribution in [0.15, 0.2) is 70.9 Å². The average molecular weight is 590 g/mol. The summed E-state index contributed by atoms with van der Waals surface area (Å²) in [5.41, 5.74) is 2.40. The van der Waals surface area contributed by atoms with Crippen molar-refractivity contribution in [3.8, 4) is 0 Å². The van der Waals surface area contributed by atoms with Gasteiger partial charge in [-0.1, -0.05) is 49.8 Å². The van der Waals surface area contributed by atoms with Gasteiger partial charge in [0.1, 0.15) is 23.6 Å². The van der Waals surface area contributed by atoms with Crippen LogP contribution in [0.2, 0.25) is 0 Å². The molecule has 220 valence electrons. The summed E-state index contributed by atoms with van der Waals surface area (Å²) in [6.45, 7) is 13.3. The minimum absolute atomic E-state index is 0.0474. The largest absolute Gasteiger partial charge is 0.365 e. The molecule has 42 heavy (non-hydrogen) atoms. The van der Waals surface area contributed by atoms with Crippen LogP contribution in [-0.4, -0.2) is 55.9 Å². The number of rotatable bonds is 11. The molecule has 0 spiro atoms. The molecule has 2 N–H and O–H groups in total. The molecule has 4 heterocycles. The summed E-state index contributed by atoms with van der Waals surface area (Å²) in [5.74, 6) is -0.0905. The van der Waals surface area contributed by atoms with Crippen molar-refractivity contribution in [2.75, 3.05) is 25.0 Å². The number of aryl methyl sites for hydroxylation is 1. The van der Waals surface area contributed by atoms with Crippen molar-refractivity contribution >= 4 is 40.3 Å². The van der Waals surface area contributed by atoms with Gasteiger partial charge in [-0.3, -0.25) is 23.9 Å². The molecule has 1 aliphatic heterocycles. The van der Waals surface area contributed by atoms with Crippen LogP contribution >= 0.6 is 11.6 Å². The Morgan fingerprint density at radius 1 is 1.12 bits per heavy atom. The highest BCUT2D eigenvalue weighted by molar-refractivity contribution is 6.31. The molecule has 3 aromatic heterocycles. The normalized spacial score (nSPS) is 14.8. The van der Waals surface area contributed by atoms with Crippen molar-refractivity contribution in [2.45, 2.75) is 47.2 Å². The maximum absolute atomic E-state index is 13.6. The smallest absolute Gasteiger partial charge is 0.265 e. The van der Waals surface area contributed by atoms with Crippen LogP contribution in [0.3, 0.4) is 0 Å². The Labute approximate surface area is 250 Å². The predicted molar refractivity (Wildman–Crippen MR) is 165 cm³/mol. The number of fused-ring (bicyclic) bond motifs is 1. The van der Waals surface area contributed by atoms with Crippen LogP contribution in [-0.2, 0) is 17.9 Å². The van der Waals surface area contributed by atoms with E-state index in [1.165, 1.54) is 10.6 Å². The first-order valence-corrected chi connectivity index (χ1v) is 14.1. The molecule has 3 aromatic rings. The number of allylic oxidation sites excluding steroid dienone is 4. The van der Waals surface area contributed by atoms with Gasteiger partial charge in [0.05, 0.1) is 18.1 Å². The van der Waals surface area contributed by atoms with Crippen molar-refractivity contribution < 1.29 is 9.59 Å². The molecule has 0 saturated carbocycles. The minimum atomic E-state index is -0.561. The number of anilines is 1. The highest BCUT2D eigenvalue weighted by Crippen LogP contribution is 2.29. The van der Waals surface area contributed by atoms with E-state index >= 15 is 0 Å². The second-order valence-corrected chi connectivity index (χ2v) is 11.7. The van der Waals surface area contributed by atoms with Gasteiger partial charge in [0.25, 0.3) is 11.5 Å². The van der Waals surface area contributed by atoms with Crippen molar-refractivity contribution in [2.24, 2.45) is 5.41 Å². The Morgan fingerprint density at radius 3 is 2.55 bits per heavy atom. The first-order chi connectivity index (χ1) is 20.0. The maximum atomic E-state index is 13.6. The number of hydrogen-bond acceptors (Lipinski definition) is 7. The molecule has 2 amide bonds. The zero-order valence-corrected chi connectivity index (χ0v) is 25.2. The lowest BCUT2D eigenvalue weighted by atomic mass is 9.84. The molecule has 4 rings (SSSR count). The van der Waals surface area contributed by atoms with Gasteiger partial charge in [0.2, 0.25) is 5.91 Å². The Morgan fingerprint density at radius 2 is 1.88 bits per heavy atom. The van der Waals surface area contributed by atoms with Crippen LogP contribution in [0.1, 0.15) is 48.8 Å². The molecular weight excluding hydrogens is 554 g/mol. The average Bonchev–Trinajstić information content (AvgIpc) is 2.95. The number of halogens is 1. The second kappa shape index (κ2) is 13.1. The van der Waals surface area contributed by atoms with E-state index in [1.807, 2.05) is 26.0 Å². The number of amides is 2. The number of aromatic nitrogens is 4. The van der Waals surface area contributed by atoms with E-state index in [-0.39, 0.29) is 23.4 Å². The SMILES string of the molecule is C=CC(Cl)=CC=C(C)CCNC(=O)c1cc2cc(CNc3cnc(C)cn3)cnc2n(CC(=O)N2CC(C)(C)C2)c1=O. The van der Waals surface area contributed by atoms with Crippen LogP contribution in [0.5, 0.6) is 0 Å². The minimum Gasteiger partial charge on any atom is -0.365 e. The summed E-state index contributed by atoms with van der Waals surface area (Å²) in [6.07, 6.45) is 10.7. The molecule has 0 aromatic carbocycles. The van der Waals surface area contributed by atoms with E-state index in [4.69, 9.17) is 11.6 Å².